The average Bonchev–Trinajstić information content (AvgIpc) is 3.27. The fourth-order valence-corrected chi connectivity index (χ4v) is 4.28. The zero-order valence-electron chi connectivity index (χ0n) is 20.0. The van der Waals surface area contributed by atoms with Crippen LogP contribution in [0.15, 0.2) is 47.6 Å². The van der Waals surface area contributed by atoms with Crippen molar-refractivity contribution in [3.8, 4) is 0 Å². The number of guanidine groups is 1. The third-order valence-electron chi connectivity index (χ3n) is 6.07. The van der Waals surface area contributed by atoms with Crippen LogP contribution < -0.4 is 20.4 Å². The standard InChI is InChI=1S/C25H36N6O.HI/c1-4-26-25(29-22-11-12-30(18-22)23-8-5-19(2)6-9-23)28-16-21-7-10-24(27-15-21)31-13-14-32-20(3)17-31;/h5-10,15,20,22H,4,11-14,16-18H2,1-3H3,(H2,26,28,29);1H. The predicted molar refractivity (Wildman–Crippen MR) is 147 cm³/mol. The Labute approximate surface area is 215 Å². The Hall–Kier alpha value is -2.07. The Morgan fingerprint density at radius 2 is 1.94 bits per heavy atom. The molecule has 8 heteroatoms. The summed E-state index contributed by atoms with van der Waals surface area (Å²) in [4.78, 5) is 14.2. The van der Waals surface area contributed by atoms with Crippen molar-refractivity contribution in [2.75, 3.05) is 49.1 Å². The highest BCUT2D eigenvalue weighted by Crippen LogP contribution is 2.21. The second kappa shape index (κ2) is 12.4. The van der Waals surface area contributed by atoms with Crippen LogP contribution in [0.1, 0.15) is 31.4 Å². The molecule has 7 nitrogen and oxygen atoms in total. The molecule has 2 N–H and O–H groups in total. The summed E-state index contributed by atoms with van der Waals surface area (Å²) in [6.45, 7) is 12.4. The summed E-state index contributed by atoms with van der Waals surface area (Å²) in [7, 11) is 0. The molecule has 0 spiro atoms. The molecular formula is C25H37IN6O. The van der Waals surface area contributed by atoms with E-state index in [0.717, 1.165) is 63.1 Å². The number of nitrogens with zero attached hydrogens (tertiary/aromatic N) is 4. The molecule has 180 valence electrons. The van der Waals surface area contributed by atoms with Crippen LogP contribution in [-0.2, 0) is 11.3 Å². The van der Waals surface area contributed by atoms with Gasteiger partial charge in [0.15, 0.2) is 5.96 Å². The first-order valence-corrected chi connectivity index (χ1v) is 11.8. The van der Waals surface area contributed by atoms with Crippen molar-refractivity contribution >= 4 is 41.4 Å². The second-order valence-electron chi connectivity index (χ2n) is 8.76. The highest BCUT2D eigenvalue weighted by molar-refractivity contribution is 14.0. The molecule has 0 saturated carbocycles. The van der Waals surface area contributed by atoms with Crippen molar-refractivity contribution in [3.05, 3.63) is 53.7 Å². The third kappa shape index (κ3) is 7.20. The number of nitrogens with one attached hydrogen (secondary N) is 2. The van der Waals surface area contributed by atoms with E-state index in [-0.39, 0.29) is 30.1 Å². The minimum absolute atomic E-state index is 0. The van der Waals surface area contributed by atoms with Gasteiger partial charge in [0.1, 0.15) is 5.82 Å². The van der Waals surface area contributed by atoms with Crippen LogP contribution >= 0.6 is 24.0 Å². The number of hydrogen-bond acceptors (Lipinski definition) is 5. The van der Waals surface area contributed by atoms with Crippen LogP contribution in [0, 0.1) is 6.92 Å². The number of ether oxygens (including phenoxy) is 1. The van der Waals surface area contributed by atoms with E-state index < -0.39 is 0 Å². The smallest absolute Gasteiger partial charge is 0.191 e. The lowest BCUT2D eigenvalue weighted by molar-refractivity contribution is 0.0529. The summed E-state index contributed by atoms with van der Waals surface area (Å²) in [5.74, 6) is 1.88. The molecule has 0 amide bonds. The molecule has 3 heterocycles. The fourth-order valence-electron chi connectivity index (χ4n) is 4.28. The van der Waals surface area contributed by atoms with Crippen LogP contribution in [-0.4, -0.2) is 62.4 Å². The molecule has 4 rings (SSSR count). The number of hydrogen-bond donors (Lipinski definition) is 2. The average molecular weight is 565 g/mol. The maximum Gasteiger partial charge on any atom is 0.191 e. The predicted octanol–water partition coefficient (Wildman–Crippen LogP) is 3.57. The number of aryl methyl sites for hydroxylation is 1. The van der Waals surface area contributed by atoms with Crippen molar-refractivity contribution in [2.45, 2.75) is 45.9 Å². The molecule has 0 bridgehead atoms. The molecule has 2 saturated heterocycles. The first kappa shape index (κ1) is 25.6. The molecule has 2 aliphatic heterocycles. The third-order valence-corrected chi connectivity index (χ3v) is 6.07. The van der Waals surface area contributed by atoms with Crippen LogP contribution in [0.4, 0.5) is 11.5 Å². The number of morpholine rings is 1. The van der Waals surface area contributed by atoms with Crippen molar-refractivity contribution < 1.29 is 4.74 Å². The lowest BCUT2D eigenvalue weighted by atomic mass is 10.2. The Kier molecular flexibility index (Phi) is 9.61. The molecule has 2 unspecified atom stereocenters. The SMILES string of the molecule is CCNC(=NCc1ccc(N2CCOC(C)C2)nc1)NC1CCN(c2ccc(C)cc2)C1.I. The molecule has 33 heavy (non-hydrogen) atoms. The van der Waals surface area contributed by atoms with E-state index in [1.807, 2.05) is 6.20 Å². The van der Waals surface area contributed by atoms with Gasteiger partial charge >= 0.3 is 0 Å². The van der Waals surface area contributed by atoms with E-state index in [1.54, 1.807) is 0 Å². The highest BCUT2D eigenvalue weighted by Gasteiger charge is 2.23. The van der Waals surface area contributed by atoms with Crippen molar-refractivity contribution in [2.24, 2.45) is 4.99 Å². The summed E-state index contributed by atoms with van der Waals surface area (Å²) >= 11 is 0. The van der Waals surface area contributed by atoms with E-state index in [0.29, 0.717) is 12.6 Å². The summed E-state index contributed by atoms with van der Waals surface area (Å²) in [5.41, 5.74) is 3.70. The Bertz CT molecular complexity index is 889. The van der Waals surface area contributed by atoms with Crippen LogP contribution in [0.3, 0.4) is 0 Å². The first-order chi connectivity index (χ1) is 15.6. The number of pyridine rings is 1. The van der Waals surface area contributed by atoms with Gasteiger partial charge < -0.3 is 25.2 Å². The number of aliphatic imine (C=N–C) groups is 1. The fraction of sp³-hybridized carbons (Fsp3) is 0.520. The molecule has 2 aromatic rings. The maximum absolute atomic E-state index is 5.63. The van der Waals surface area contributed by atoms with Crippen molar-refractivity contribution in [3.63, 3.8) is 0 Å². The second-order valence-corrected chi connectivity index (χ2v) is 8.76. The van der Waals surface area contributed by atoms with Crippen LogP contribution in [0.2, 0.25) is 0 Å². The highest BCUT2D eigenvalue weighted by atomic mass is 127. The van der Waals surface area contributed by atoms with E-state index >= 15 is 0 Å². The van der Waals surface area contributed by atoms with Gasteiger partial charge in [0.2, 0.25) is 0 Å². The van der Waals surface area contributed by atoms with Gasteiger partial charge in [0, 0.05) is 50.6 Å². The molecule has 2 aliphatic rings. The number of rotatable bonds is 6. The summed E-state index contributed by atoms with van der Waals surface area (Å²) in [5, 5.41) is 7.01. The molecule has 0 aliphatic carbocycles. The maximum atomic E-state index is 5.63. The van der Waals surface area contributed by atoms with Gasteiger partial charge in [-0.3, -0.25) is 0 Å². The molecule has 0 radical (unpaired) electrons. The number of aromatic nitrogens is 1. The van der Waals surface area contributed by atoms with Gasteiger partial charge in [-0.05, 0) is 51.0 Å². The van der Waals surface area contributed by atoms with Gasteiger partial charge in [0.05, 0.1) is 19.3 Å². The Balaban J connectivity index is 0.00000306. The first-order valence-electron chi connectivity index (χ1n) is 11.8. The molecular weight excluding hydrogens is 527 g/mol. The molecule has 2 fully saturated rings. The number of anilines is 2. The quantitative estimate of drug-likeness (QED) is 0.318. The van der Waals surface area contributed by atoms with Gasteiger partial charge in [0.25, 0.3) is 0 Å². The lowest BCUT2D eigenvalue weighted by Crippen LogP contribution is -2.44. The normalized spacial score (nSPS) is 21.0. The zero-order chi connectivity index (χ0) is 22.3. The Morgan fingerprint density at radius 3 is 2.64 bits per heavy atom. The summed E-state index contributed by atoms with van der Waals surface area (Å²) in [6.07, 6.45) is 3.30. The van der Waals surface area contributed by atoms with E-state index in [1.165, 1.54) is 11.3 Å². The summed E-state index contributed by atoms with van der Waals surface area (Å²) in [6, 6.07) is 13.4. The van der Waals surface area contributed by atoms with Crippen molar-refractivity contribution in [1.82, 2.24) is 15.6 Å². The van der Waals surface area contributed by atoms with Gasteiger partial charge in [-0.2, -0.15) is 0 Å². The van der Waals surface area contributed by atoms with Gasteiger partial charge in [-0.15, -0.1) is 24.0 Å². The summed E-state index contributed by atoms with van der Waals surface area (Å²) < 4.78 is 5.63. The Morgan fingerprint density at radius 1 is 1.12 bits per heavy atom. The van der Waals surface area contributed by atoms with Crippen LogP contribution in [0.5, 0.6) is 0 Å². The number of benzene rings is 1. The monoisotopic (exact) mass is 564 g/mol. The van der Waals surface area contributed by atoms with Gasteiger partial charge in [-0.25, -0.2) is 9.98 Å². The lowest BCUT2D eigenvalue weighted by Gasteiger charge is -2.32. The van der Waals surface area contributed by atoms with Crippen molar-refractivity contribution in [1.29, 1.82) is 0 Å². The molecule has 2 atom stereocenters. The zero-order valence-corrected chi connectivity index (χ0v) is 22.3. The van der Waals surface area contributed by atoms with E-state index in [9.17, 15) is 0 Å². The molecule has 1 aromatic carbocycles. The van der Waals surface area contributed by atoms with E-state index in [4.69, 9.17) is 9.73 Å². The van der Waals surface area contributed by atoms with E-state index in [2.05, 4.69) is 82.6 Å². The topological polar surface area (TPSA) is 65.0 Å². The number of halogens is 1. The molecule has 1 aromatic heterocycles. The minimum Gasteiger partial charge on any atom is -0.375 e. The largest absolute Gasteiger partial charge is 0.375 e. The van der Waals surface area contributed by atoms with Crippen LogP contribution in [0.25, 0.3) is 0 Å². The minimum atomic E-state index is 0. The van der Waals surface area contributed by atoms with Gasteiger partial charge in [-0.1, -0.05) is 23.8 Å².